The molecule has 0 saturated carbocycles. The monoisotopic (exact) mass is 240 g/mol. The molecule has 0 atom stereocenters. The Labute approximate surface area is 107 Å². The van der Waals surface area contributed by atoms with Gasteiger partial charge in [-0.2, -0.15) is 0 Å². The predicted molar refractivity (Wildman–Crippen MR) is 72.0 cm³/mol. The lowest BCUT2D eigenvalue weighted by Crippen LogP contribution is -1.95. The number of benzene rings is 2. The van der Waals surface area contributed by atoms with Crippen LogP contribution in [0.1, 0.15) is 28.4 Å². The summed E-state index contributed by atoms with van der Waals surface area (Å²) in [5, 5.41) is 0. The number of carbonyl (C=O) groups is 1. The number of rotatable bonds is 5. The van der Waals surface area contributed by atoms with Crippen molar-refractivity contribution < 1.29 is 9.53 Å². The summed E-state index contributed by atoms with van der Waals surface area (Å²) in [6.07, 6.45) is 1.88. The molecule has 0 saturated heterocycles. The van der Waals surface area contributed by atoms with Gasteiger partial charge in [-0.15, -0.1) is 0 Å². The van der Waals surface area contributed by atoms with Crippen LogP contribution in [0.4, 0.5) is 0 Å². The van der Waals surface area contributed by atoms with Crippen molar-refractivity contribution in [3.8, 4) is 5.75 Å². The van der Waals surface area contributed by atoms with Crippen LogP contribution < -0.4 is 4.74 Å². The van der Waals surface area contributed by atoms with Gasteiger partial charge in [0.05, 0.1) is 0 Å². The third kappa shape index (κ3) is 3.20. The minimum Gasteiger partial charge on any atom is -0.489 e. The second-order valence-corrected chi connectivity index (χ2v) is 4.15. The molecule has 0 radical (unpaired) electrons. The van der Waals surface area contributed by atoms with E-state index in [2.05, 4.69) is 19.1 Å². The molecular weight excluding hydrogens is 224 g/mol. The summed E-state index contributed by atoms with van der Waals surface area (Å²) in [6, 6.07) is 15.5. The highest BCUT2D eigenvalue weighted by Crippen LogP contribution is 2.14. The fourth-order valence-electron chi connectivity index (χ4n) is 1.68. The maximum atomic E-state index is 10.5. The molecule has 2 aromatic rings. The molecule has 2 heteroatoms. The van der Waals surface area contributed by atoms with Gasteiger partial charge in [0.15, 0.2) is 0 Å². The third-order valence-corrected chi connectivity index (χ3v) is 2.85. The average molecular weight is 240 g/mol. The molecule has 0 N–H and O–H groups in total. The number of aryl methyl sites for hydroxylation is 1. The highest BCUT2D eigenvalue weighted by Gasteiger charge is 1.97. The van der Waals surface area contributed by atoms with Crippen LogP contribution in [0.25, 0.3) is 0 Å². The van der Waals surface area contributed by atoms with Crippen molar-refractivity contribution in [3.05, 3.63) is 65.2 Å². The van der Waals surface area contributed by atoms with Gasteiger partial charge in [-0.05, 0) is 29.7 Å². The van der Waals surface area contributed by atoms with Crippen LogP contribution in [0.5, 0.6) is 5.75 Å². The zero-order valence-electron chi connectivity index (χ0n) is 10.4. The summed E-state index contributed by atoms with van der Waals surface area (Å²) in [4.78, 5) is 10.5. The topological polar surface area (TPSA) is 26.3 Å². The SMILES string of the molecule is CCc1ccc(OCc2ccc(C=O)cc2)cc1. The van der Waals surface area contributed by atoms with E-state index in [1.165, 1.54) is 5.56 Å². The summed E-state index contributed by atoms with van der Waals surface area (Å²) in [6.45, 7) is 2.65. The van der Waals surface area contributed by atoms with Gasteiger partial charge in [0.2, 0.25) is 0 Å². The minimum absolute atomic E-state index is 0.518. The first-order valence-corrected chi connectivity index (χ1v) is 6.07. The van der Waals surface area contributed by atoms with Crippen molar-refractivity contribution in [2.75, 3.05) is 0 Å². The quantitative estimate of drug-likeness (QED) is 0.746. The Hall–Kier alpha value is -2.09. The molecule has 18 heavy (non-hydrogen) atoms. The van der Waals surface area contributed by atoms with Gasteiger partial charge in [-0.25, -0.2) is 0 Å². The van der Waals surface area contributed by atoms with Crippen LogP contribution in [-0.4, -0.2) is 6.29 Å². The molecule has 0 aliphatic carbocycles. The Morgan fingerprint density at radius 1 is 0.944 bits per heavy atom. The molecule has 0 spiro atoms. The maximum Gasteiger partial charge on any atom is 0.150 e. The van der Waals surface area contributed by atoms with Crippen molar-refractivity contribution in [2.45, 2.75) is 20.0 Å². The largest absolute Gasteiger partial charge is 0.489 e. The molecular formula is C16H16O2. The van der Waals surface area contributed by atoms with Gasteiger partial charge in [0, 0.05) is 5.56 Å². The summed E-state index contributed by atoms with van der Waals surface area (Å²) < 4.78 is 5.68. The standard InChI is InChI=1S/C16H16O2/c1-2-13-7-9-16(10-8-13)18-12-15-5-3-14(11-17)4-6-15/h3-11H,2,12H2,1H3. The molecule has 0 heterocycles. The van der Waals surface area contributed by atoms with E-state index in [9.17, 15) is 4.79 Å². The second kappa shape index (κ2) is 6.01. The van der Waals surface area contributed by atoms with E-state index in [1.54, 1.807) is 12.1 Å². The fourth-order valence-corrected chi connectivity index (χ4v) is 1.68. The Kier molecular flexibility index (Phi) is 4.13. The Balaban J connectivity index is 1.95. The zero-order valence-corrected chi connectivity index (χ0v) is 10.4. The zero-order chi connectivity index (χ0) is 12.8. The summed E-state index contributed by atoms with van der Waals surface area (Å²) in [7, 11) is 0. The van der Waals surface area contributed by atoms with Crippen molar-refractivity contribution in [1.82, 2.24) is 0 Å². The molecule has 0 amide bonds. The molecule has 0 unspecified atom stereocenters. The van der Waals surface area contributed by atoms with Crippen LogP contribution in [0.15, 0.2) is 48.5 Å². The number of carbonyl (C=O) groups excluding carboxylic acids is 1. The van der Waals surface area contributed by atoms with Crippen LogP contribution >= 0.6 is 0 Å². The molecule has 2 aromatic carbocycles. The first-order chi connectivity index (χ1) is 8.81. The van der Waals surface area contributed by atoms with E-state index in [1.807, 2.05) is 24.3 Å². The smallest absolute Gasteiger partial charge is 0.150 e. The van der Waals surface area contributed by atoms with E-state index in [-0.39, 0.29) is 0 Å². The van der Waals surface area contributed by atoms with Crippen LogP contribution in [-0.2, 0) is 13.0 Å². The number of aldehydes is 1. The lowest BCUT2D eigenvalue weighted by molar-refractivity contribution is 0.112. The van der Waals surface area contributed by atoms with E-state index in [4.69, 9.17) is 4.74 Å². The second-order valence-electron chi connectivity index (χ2n) is 4.15. The molecule has 0 aliphatic rings. The maximum absolute atomic E-state index is 10.5. The van der Waals surface area contributed by atoms with Gasteiger partial charge < -0.3 is 4.74 Å². The number of ether oxygens (including phenoxy) is 1. The summed E-state index contributed by atoms with van der Waals surface area (Å²) >= 11 is 0. The van der Waals surface area contributed by atoms with Gasteiger partial charge in [0.25, 0.3) is 0 Å². The highest BCUT2D eigenvalue weighted by molar-refractivity contribution is 5.74. The molecule has 2 nitrogen and oxygen atoms in total. The lowest BCUT2D eigenvalue weighted by Gasteiger charge is -2.07. The van der Waals surface area contributed by atoms with Crippen molar-refractivity contribution in [3.63, 3.8) is 0 Å². The van der Waals surface area contributed by atoms with Gasteiger partial charge in [-0.3, -0.25) is 4.79 Å². The molecule has 2 rings (SSSR count). The first kappa shape index (κ1) is 12.4. The fraction of sp³-hybridized carbons (Fsp3) is 0.188. The highest BCUT2D eigenvalue weighted by atomic mass is 16.5. The molecule has 0 aliphatic heterocycles. The lowest BCUT2D eigenvalue weighted by atomic mass is 10.1. The van der Waals surface area contributed by atoms with E-state index < -0.39 is 0 Å². The molecule has 0 bridgehead atoms. The van der Waals surface area contributed by atoms with E-state index >= 15 is 0 Å². The Bertz CT molecular complexity index is 498. The van der Waals surface area contributed by atoms with Gasteiger partial charge in [-0.1, -0.05) is 43.3 Å². The molecule has 0 fully saturated rings. The number of hydrogen-bond donors (Lipinski definition) is 0. The Morgan fingerprint density at radius 3 is 2.11 bits per heavy atom. The Morgan fingerprint density at radius 2 is 1.56 bits per heavy atom. The van der Waals surface area contributed by atoms with E-state index in [0.29, 0.717) is 12.2 Å². The van der Waals surface area contributed by atoms with Crippen molar-refractivity contribution in [2.24, 2.45) is 0 Å². The van der Waals surface area contributed by atoms with Gasteiger partial charge >= 0.3 is 0 Å². The number of hydrogen-bond acceptors (Lipinski definition) is 2. The normalized spacial score (nSPS) is 10.1. The van der Waals surface area contributed by atoms with Crippen LogP contribution in [0.2, 0.25) is 0 Å². The van der Waals surface area contributed by atoms with E-state index in [0.717, 1.165) is 24.0 Å². The predicted octanol–water partition coefficient (Wildman–Crippen LogP) is 3.64. The summed E-state index contributed by atoms with van der Waals surface area (Å²) in [5.41, 5.74) is 3.05. The van der Waals surface area contributed by atoms with Gasteiger partial charge in [0.1, 0.15) is 18.6 Å². The van der Waals surface area contributed by atoms with Crippen LogP contribution in [0.3, 0.4) is 0 Å². The average Bonchev–Trinajstić information content (AvgIpc) is 2.46. The molecule has 92 valence electrons. The van der Waals surface area contributed by atoms with Crippen molar-refractivity contribution in [1.29, 1.82) is 0 Å². The van der Waals surface area contributed by atoms with Crippen LogP contribution in [0, 0.1) is 0 Å². The molecule has 0 aromatic heterocycles. The minimum atomic E-state index is 0.518. The first-order valence-electron chi connectivity index (χ1n) is 6.07. The third-order valence-electron chi connectivity index (χ3n) is 2.85. The van der Waals surface area contributed by atoms with Crippen molar-refractivity contribution >= 4 is 6.29 Å². The summed E-state index contributed by atoms with van der Waals surface area (Å²) in [5.74, 6) is 0.867.